The van der Waals surface area contributed by atoms with E-state index in [9.17, 15) is 10.1 Å². The van der Waals surface area contributed by atoms with Crippen molar-refractivity contribution in [1.29, 1.82) is 5.41 Å². The van der Waals surface area contributed by atoms with Crippen molar-refractivity contribution in [2.24, 2.45) is 5.73 Å². The van der Waals surface area contributed by atoms with Gasteiger partial charge in [0.25, 0.3) is 5.69 Å². The highest BCUT2D eigenvalue weighted by molar-refractivity contribution is 6.35. The molecule has 108 valence electrons. The van der Waals surface area contributed by atoms with Crippen LogP contribution in [-0.2, 0) is 0 Å². The zero-order valence-corrected chi connectivity index (χ0v) is 11.7. The molecular formula is C13H11ClN4O3. The summed E-state index contributed by atoms with van der Waals surface area (Å²) in [6, 6.07) is 5.80. The van der Waals surface area contributed by atoms with Crippen LogP contribution in [0.1, 0.15) is 11.1 Å². The molecule has 0 amide bonds. The van der Waals surface area contributed by atoms with Gasteiger partial charge in [-0.2, -0.15) is 0 Å². The third-order valence-corrected chi connectivity index (χ3v) is 3.09. The van der Waals surface area contributed by atoms with E-state index in [4.69, 9.17) is 27.5 Å². The highest BCUT2D eigenvalue weighted by Crippen LogP contribution is 2.31. The van der Waals surface area contributed by atoms with E-state index in [2.05, 4.69) is 4.98 Å². The topological polar surface area (TPSA) is 115 Å². The maximum absolute atomic E-state index is 10.8. The first-order valence-electron chi connectivity index (χ1n) is 5.82. The van der Waals surface area contributed by atoms with Crippen LogP contribution >= 0.6 is 11.6 Å². The molecule has 0 saturated carbocycles. The second-order valence-corrected chi connectivity index (χ2v) is 4.58. The average Bonchev–Trinajstić information content (AvgIpc) is 2.40. The molecule has 1 aromatic heterocycles. The van der Waals surface area contributed by atoms with Gasteiger partial charge in [-0.1, -0.05) is 11.6 Å². The SMILES string of the molecule is Cc1cc(Oc2nccc(C(=N)N)c2Cl)ccc1[N+](=O)[O-]. The van der Waals surface area contributed by atoms with Crippen LogP contribution in [0.4, 0.5) is 5.69 Å². The minimum absolute atomic E-state index is 0.00103. The number of rotatable bonds is 4. The van der Waals surface area contributed by atoms with Gasteiger partial charge in [-0.3, -0.25) is 15.5 Å². The van der Waals surface area contributed by atoms with Gasteiger partial charge >= 0.3 is 0 Å². The third kappa shape index (κ3) is 3.09. The van der Waals surface area contributed by atoms with Crippen LogP contribution in [0.2, 0.25) is 5.02 Å². The Morgan fingerprint density at radius 1 is 1.48 bits per heavy atom. The normalized spacial score (nSPS) is 10.2. The van der Waals surface area contributed by atoms with E-state index in [1.165, 1.54) is 30.5 Å². The Hall–Kier alpha value is -2.67. The van der Waals surface area contributed by atoms with Gasteiger partial charge < -0.3 is 10.5 Å². The highest BCUT2D eigenvalue weighted by atomic mass is 35.5. The molecule has 0 bridgehead atoms. The molecule has 0 unspecified atom stereocenters. The lowest BCUT2D eigenvalue weighted by atomic mass is 10.2. The minimum Gasteiger partial charge on any atom is -0.437 e. The summed E-state index contributed by atoms with van der Waals surface area (Å²) >= 11 is 6.06. The Bertz CT molecular complexity index is 733. The van der Waals surface area contributed by atoms with Crippen molar-refractivity contribution < 1.29 is 9.66 Å². The lowest BCUT2D eigenvalue weighted by Crippen LogP contribution is -2.12. The molecule has 2 aromatic rings. The maximum atomic E-state index is 10.8. The molecule has 0 fully saturated rings. The first-order chi connectivity index (χ1) is 9.90. The zero-order valence-electron chi connectivity index (χ0n) is 11.0. The van der Waals surface area contributed by atoms with Crippen LogP contribution in [0.15, 0.2) is 30.5 Å². The van der Waals surface area contributed by atoms with E-state index < -0.39 is 4.92 Å². The molecule has 8 heteroatoms. The smallest absolute Gasteiger partial charge is 0.272 e. The van der Waals surface area contributed by atoms with Gasteiger partial charge in [0.2, 0.25) is 5.88 Å². The van der Waals surface area contributed by atoms with Crippen LogP contribution in [0.25, 0.3) is 0 Å². The summed E-state index contributed by atoms with van der Waals surface area (Å²) in [4.78, 5) is 14.3. The van der Waals surface area contributed by atoms with Gasteiger partial charge in [-0.15, -0.1) is 0 Å². The number of nitro groups is 1. The van der Waals surface area contributed by atoms with E-state index in [0.29, 0.717) is 16.9 Å². The van der Waals surface area contributed by atoms with E-state index in [1.807, 2.05) is 0 Å². The van der Waals surface area contributed by atoms with E-state index in [1.54, 1.807) is 6.92 Å². The fraction of sp³-hybridized carbons (Fsp3) is 0.0769. The number of nitrogens with one attached hydrogen (secondary N) is 1. The molecule has 1 heterocycles. The van der Waals surface area contributed by atoms with Gasteiger partial charge in [-0.25, -0.2) is 4.98 Å². The Labute approximate surface area is 125 Å². The molecule has 0 radical (unpaired) electrons. The number of hydrogen-bond donors (Lipinski definition) is 2. The second-order valence-electron chi connectivity index (χ2n) is 4.20. The molecule has 0 saturated heterocycles. The monoisotopic (exact) mass is 306 g/mol. The lowest BCUT2D eigenvalue weighted by Gasteiger charge is -2.09. The molecule has 21 heavy (non-hydrogen) atoms. The highest BCUT2D eigenvalue weighted by Gasteiger charge is 2.14. The Balaban J connectivity index is 2.35. The van der Waals surface area contributed by atoms with Crippen molar-refractivity contribution in [3.63, 3.8) is 0 Å². The summed E-state index contributed by atoms with van der Waals surface area (Å²) in [6.07, 6.45) is 1.41. The van der Waals surface area contributed by atoms with Crippen LogP contribution in [0.3, 0.4) is 0 Å². The Morgan fingerprint density at radius 3 is 2.76 bits per heavy atom. The number of pyridine rings is 1. The maximum Gasteiger partial charge on any atom is 0.272 e. The molecule has 0 spiro atoms. The number of amidine groups is 1. The number of nitrogens with zero attached hydrogens (tertiary/aromatic N) is 2. The van der Waals surface area contributed by atoms with Gasteiger partial charge in [0.05, 0.1) is 4.92 Å². The summed E-state index contributed by atoms with van der Waals surface area (Å²) in [5, 5.41) is 18.3. The standard InChI is InChI=1S/C13H11ClN4O3/c1-7-6-8(2-3-10(7)18(19)20)21-13-11(14)9(12(15)16)4-5-17-13/h2-6H,1H3,(H3,15,16). The summed E-state index contributed by atoms with van der Waals surface area (Å²) < 4.78 is 5.50. The molecule has 2 rings (SSSR count). The van der Waals surface area contributed by atoms with E-state index in [0.717, 1.165) is 0 Å². The number of nitrogens with two attached hydrogens (primary N) is 1. The van der Waals surface area contributed by atoms with Crippen molar-refractivity contribution >= 4 is 23.1 Å². The number of nitro benzene ring substituents is 1. The van der Waals surface area contributed by atoms with Gasteiger partial charge in [0, 0.05) is 23.4 Å². The van der Waals surface area contributed by atoms with Crippen molar-refractivity contribution in [1.82, 2.24) is 4.98 Å². The lowest BCUT2D eigenvalue weighted by molar-refractivity contribution is -0.385. The number of aryl methyl sites for hydroxylation is 1. The molecule has 0 aliphatic rings. The predicted molar refractivity (Wildman–Crippen MR) is 78.2 cm³/mol. The van der Waals surface area contributed by atoms with Gasteiger partial charge in [0.1, 0.15) is 16.6 Å². The molecule has 0 aliphatic carbocycles. The molecule has 7 nitrogen and oxygen atoms in total. The first kappa shape index (κ1) is 14.7. The second kappa shape index (κ2) is 5.76. The number of hydrogen-bond acceptors (Lipinski definition) is 5. The van der Waals surface area contributed by atoms with E-state index in [-0.39, 0.29) is 22.4 Å². The fourth-order valence-electron chi connectivity index (χ4n) is 1.71. The summed E-state index contributed by atoms with van der Waals surface area (Å²) in [5.74, 6) is 0.234. The third-order valence-electron chi connectivity index (χ3n) is 2.73. The number of aromatic nitrogens is 1. The Kier molecular flexibility index (Phi) is 4.04. The fourth-order valence-corrected chi connectivity index (χ4v) is 1.96. The number of nitrogen functional groups attached to an aromatic ring is 1. The van der Waals surface area contributed by atoms with Crippen molar-refractivity contribution in [2.75, 3.05) is 0 Å². The first-order valence-corrected chi connectivity index (χ1v) is 6.19. The zero-order chi connectivity index (χ0) is 15.6. The molecule has 3 N–H and O–H groups in total. The number of benzene rings is 1. The van der Waals surface area contributed by atoms with Crippen LogP contribution in [-0.4, -0.2) is 15.7 Å². The quantitative estimate of drug-likeness (QED) is 0.390. The van der Waals surface area contributed by atoms with Crippen molar-refractivity contribution in [3.05, 3.63) is 56.7 Å². The largest absolute Gasteiger partial charge is 0.437 e. The molecular weight excluding hydrogens is 296 g/mol. The van der Waals surface area contributed by atoms with Crippen molar-refractivity contribution in [3.8, 4) is 11.6 Å². The summed E-state index contributed by atoms with van der Waals surface area (Å²) in [7, 11) is 0. The number of halogens is 1. The number of ether oxygens (including phenoxy) is 1. The van der Waals surface area contributed by atoms with Crippen LogP contribution < -0.4 is 10.5 Å². The molecule has 1 aromatic carbocycles. The van der Waals surface area contributed by atoms with Crippen LogP contribution in [0.5, 0.6) is 11.6 Å². The van der Waals surface area contributed by atoms with Gasteiger partial charge in [-0.05, 0) is 25.1 Å². The molecule has 0 atom stereocenters. The van der Waals surface area contributed by atoms with Gasteiger partial charge in [0.15, 0.2) is 0 Å². The molecule has 0 aliphatic heterocycles. The Morgan fingerprint density at radius 2 is 2.19 bits per heavy atom. The predicted octanol–water partition coefficient (Wildman–Crippen LogP) is 3.03. The van der Waals surface area contributed by atoms with Crippen molar-refractivity contribution in [2.45, 2.75) is 6.92 Å². The summed E-state index contributed by atoms with van der Waals surface area (Å²) in [6.45, 7) is 1.60. The van der Waals surface area contributed by atoms with Crippen LogP contribution in [0, 0.1) is 22.4 Å². The van der Waals surface area contributed by atoms with E-state index >= 15 is 0 Å². The minimum atomic E-state index is -0.472. The average molecular weight is 307 g/mol. The summed E-state index contributed by atoms with van der Waals surface area (Å²) in [5.41, 5.74) is 6.15.